The van der Waals surface area contributed by atoms with Crippen LogP contribution in [0.3, 0.4) is 0 Å². The van der Waals surface area contributed by atoms with Crippen molar-refractivity contribution in [3.8, 4) is 17.2 Å². The molecular weight excluding hydrogens is 754 g/mol. The molecule has 3 aromatic carbocycles. The quantitative estimate of drug-likeness (QED) is 0.0519. The summed E-state index contributed by atoms with van der Waals surface area (Å²) in [7, 11) is 0. The highest BCUT2D eigenvalue weighted by Gasteiger charge is 2.24. The van der Waals surface area contributed by atoms with Crippen LogP contribution in [0.15, 0.2) is 65.5 Å². The predicted molar refractivity (Wildman–Crippen MR) is 234 cm³/mol. The van der Waals surface area contributed by atoms with Gasteiger partial charge in [-0.2, -0.15) is 0 Å². The molecule has 1 unspecified atom stereocenters. The van der Waals surface area contributed by atoms with Crippen LogP contribution >= 0.6 is 11.6 Å². The summed E-state index contributed by atoms with van der Waals surface area (Å²) in [4.78, 5) is 52.5. The van der Waals surface area contributed by atoms with E-state index in [1.165, 1.54) is 94.7 Å². The first-order valence-electron chi connectivity index (χ1n) is 21.1. The first-order valence-corrected chi connectivity index (χ1v) is 21.5. The average molecular weight is 816 g/mol. The van der Waals surface area contributed by atoms with Crippen molar-refractivity contribution in [2.75, 3.05) is 17.2 Å². The third-order valence-electron chi connectivity index (χ3n) is 10.0. The van der Waals surface area contributed by atoms with Crippen LogP contribution in [0.25, 0.3) is 5.69 Å². The molecule has 12 heteroatoms. The molecule has 0 saturated heterocycles. The lowest BCUT2D eigenvalue weighted by Gasteiger charge is -2.18. The summed E-state index contributed by atoms with van der Waals surface area (Å²) in [5, 5.41) is 11.1. The van der Waals surface area contributed by atoms with Crippen LogP contribution < -0.4 is 31.0 Å². The number of aromatic amines is 1. The molecule has 3 amide bonds. The van der Waals surface area contributed by atoms with Gasteiger partial charge < -0.3 is 25.4 Å². The molecule has 0 aliphatic heterocycles. The van der Waals surface area contributed by atoms with Crippen LogP contribution in [0.2, 0.25) is 5.02 Å². The van der Waals surface area contributed by atoms with Crippen LogP contribution in [0, 0.1) is 13.8 Å². The number of nitrogens with one attached hydrogen (secondary N) is 4. The van der Waals surface area contributed by atoms with Gasteiger partial charge in [0.25, 0.3) is 11.8 Å². The SMILES string of the molecule is CCCCCCCCCCCCCCCc1cccc(OC(CC)C(=O)Nc2ccc(C(=O)Nc3[nH]n(-c4c(C)cc(C)cc4Cl)c(=O)c3OC(=O)NCC)cc2)c1. The van der Waals surface area contributed by atoms with Crippen molar-refractivity contribution in [2.24, 2.45) is 0 Å². The second-order valence-electron chi connectivity index (χ2n) is 15.0. The monoisotopic (exact) mass is 815 g/mol. The number of carbonyl (C=O) groups excluding carboxylic acids is 3. The predicted octanol–water partition coefficient (Wildman–Crippen LogP) is 11.2. The Balaban J connectivity index is 1.29. The number of rotatable bonds is 24. The summed E-state index contributed by atoms with van der Waals surface area (Å²) in [6, 6.07) is 17.8. The van der Waals surface area contributed by atoms with E-state index in [-0.39, 0.29) is 23.8 Å². The van der Waals surface area contributed by atoms with E-state index in [9.17, 15) is 19.2 Å². The van der Waals surface area contributed by atoms with Crippen LogP contribution in [-0.2, 0) is 11.2 Å². The summed E-state index contributed by atoms with van der Waals surface area (Å²) in [6.07, 6.45) is 17.1. The summed E-state index contributed by atoms with van der Waals surface area (Å²) in [5.41, 5.74) is 3.12. The van der Waals surface area contributed by atoms with E-state index in [1.54, 1.807) is 32.0 Å². The average Bonchev–Trinajstić information content (AvgIpc) is 3.48. The maximum Gasteiger partial charge on any atom is 0.412 e. The number of hydrogen-bond donors (Lipinski definition) is 4. The Bertz CT molecular complexity index is 1970. The molecule has 314 valence electrons. The maximum absolute atomic E-state index is 13.5. The third kappa shape index (κ3) is 14.1. The summed E-state index contributed by atoms with van der Waals surface area (Å²) in [6.45, 7) is 9.80. The van der Waals surface area contributed by atoms with E-state index in [2.05, 4.69) is 34.0 Å². The van der Waals surface area contributed by atoms with Crippen molar-refractivity contribution in [2.45, 2.75) is 137 Å². The summed E-state index contributed by atoms with van der Waals surface area (Å²) in [5.74, 6) is -0.783. The number of ether oxygens (including phenoxy) is 2. The van der Waals surface area contributed by atoms with Gasteiger partial charge in [-0.1, -0.05) is 121 Å². The first kappa shape index (κ1) is 45.7. The minimum atomic E-state index is -0.861. The minimum Gasteiger partial charge on any atom is -0.481 e. The second-order valence-corrected chi connectivity index (χ2v) is 15.4. The number of nitrogens with zero attached hydrogens (tertiary/aromatic N) is 1. The molecule has 4 N–H and O–H groups in total. The molecule has 0 radical (unpaired) electrons. The van der Waals surface area contributed by atoms with Crippen LogP contribution in [-0.4, -0.2) is 40.3 Å². The van der Waals surface area contributed by atoms with Gasteiger partial charge in [0.15, 0.2) is 11.9 Å². The van der Waals surface area contributed by atoms with Crippen LogP contribution in [0.4, 0.5) is 16.3 Å². The van der Waals surface area contributed by atoms with Crippen LogP contribution in [0.1, 0.15) is 138 Å². The molecule has 0 aliphatic rings. The minimum absolute atomic E-state index is 0.133. The normalized spacial score (nSPS) is 11.6. The molecule has 1 atom stereocenters. The Hall–Kier alpha value is -5.03. The van der Waals surface area contributed by atoms with E-state index < -0.39 is 29.4 Å². The fraction of sp³-hybridized carbons (Fsp3) is 0.478. The number of amides is 3. The highest BCUT2D eigenvalue weighted by atomic mass is 35.5. The van der Waals surface area contributed by atoms with Gasteiger partial charge in [-0.25, -0.2) is 9.48 Å². The van der Waals surface area contributed by atoms with Gasteiger partial charge in [0, 0.05) is 17.8 Å². The zero-order chi connectivity index (χ0) is 41.9. The molecule has 1 heterocycles. The molecule has 0 saturated carbocycles. The van der Waals surface area contributed by atoms with Gasteiger partial charge in [-0.3, -0.25) is 19.5 Å². The molecule has 0 fully saturated rings. The van der Waals surface area contributed by atoms with E-state index in [0.717, 1.165) is 23.1 Å². The molecule has 4 rings (SSSR count). The maximum atomic E-state index is 13.5. The molecular formula is C46H62ClN5O6. The van der Waals surface area contributed by atoms with E-state index in [0.29, 0.717) is 34.1 Å². The standard InChI is InChI=1S/C46H62ClN5O6/c1-6-9-10-11-12-13-14-15-16-17-18-19-20-22-34-23-21-24-37(31-34)57-39(7-2)44(54)49-36-27-25-35(26-28-36)43(53)50-42-41(58-46(56)48-8-3)45(55)52(51-42)40-33(5)29-32(4)30-38(40)47/h21,23-31,39,51H,6-20,22H2,1-5H3,(H,48,56)(H,49,54)(H,50,53). The third-order valence-corrected chi connectivity index (χ3v) is 10.3. The van der Waals surface area contributed by atoms with E-state index in [4.69, 9.17) is 21.1 Å². The fourth-order valence-electron chi connectivity index (χ4n) is 6.94. The van der Waals surface area contributed by atoms with Gasteiger partial charge in [0.1, 0.15) is 5.75 Å². The number of halogens is 1. The van der Waals surface area contributed by atoms with Crippen molar-refractivity contribution in [1.29, 1.82) is 0 Å². The zero-order valence-corrected chi connectivity index (χ0v) is 35.7. The first-order chi connectivity index (χ1) is 28.0. The van der Waals surface area contributed by atoms with Gasteiger partial charge in [-0.05, 0) is 99.2 Å². The molecule has 0 bridgehead atoms. The lowest BCUT2D eigenvalue weighted by atomic mass is 10.0. The number of benzene rings is 3. The van der Waals surface area contributed by atoms with Gasteiger partial charge in [0.2, 0.25) is 5.75 Å². The van der Waals surface area contributed by atoms with Gasteiger partial charge in [-0.15, -0.1) is 0 Å². The van der Waals surface area contributed by atoms with Crippen molar-refractivity contribution >= 4 is 41.0 Å². The number of H-pyrrole nitrogens is 1. The molecule has 4 aromatic rings. The van der Waals surface area contributed by atoms with E-state index in [1.807, 2.05) is 38.1 Å². The van der Waals surface area contributed by atoms with Crippen molar-refractivity contribution < 1.29 is 23.9 Å². The molecule has 11 nitrogen and oxygen atoms in total. The van der Waals surface area contributed by atoms with Crippen LogP contribution in [0.5, 0.6) is 11.5 Å². The zero-order valence-electron chi connectivity index (χ0n) is 34.9. The number of aromatic nitrogens is 2. The number of aryl methyl sites for hydroxylation is 3. The number of anilines is 2. The number of carbonyl (C=O) groups is 3. The van der Waals surface area contributed by atoms with Gasteiger partial charge >= 0.3 is 11.7 Å². The smallest absolute Gasteiger partial charge is 0.412 e. The molecule has 58 heavy (non-hydrogen) atoms. The fourth-order valence-corrected chi connectivity index (χ4v) is 7.35. The Morgan fingerprint density at radius 3 is 2.03 bits per heavy atom. The summed E-state index contributed by atoms with van der Waals surface area (Å²) < 4.78 is 12.6. The Labute approximate surface area is 348 Å². The Kier molecular flexibility index (Phi) is 18.9. The second kappa shape index (κ2) is 24.0. The van der Waals surface area contributed by atoms with Crippen molar-refractivity contribution in [3.05, 3.63) is 98.3 Å². The Morgan fingerprint density at radius 2 is 1.43 bits per heavy atom. The number of unbranched alkanes of at least 4 members (excludes halogenated alkanes) is 12. The highest BCUT2D eigenvalue weighted by molar-refractivity contribution is 6.32. The lowest BCUT2D eigenvalue weighted by Crippen LogP contribution is -2.32. The lowest BCUT2D eigenvalue weighted by molar-refractivity contribution is -0.122. The summed E-state index contributed by atoms with van der Waals surface area (Å²) >= 11 is 6.51. The Morgan fingerprint density at radius 1 is 0.793 bits per heavy atom. The van der Waals surface area contributed by atoms with Crippen molar-refractivity contribution in [3.63, 3.8) is 0 Å². The highest BCUT2D eigenvalue weighted by Crippen LogP contribution is 2.28. The van der Waals surface area contributed by atoms with E-state index >= 15 is 0 Å². The topological polar surface area (TPSA) is 144 Å². The van der Waals surface area contributed by atoms with Crippen molar-refractivity contribution in [1.82, 2.24) is 15.1 Å². The molecule has 1 aromatic heterocycles. The molecule has 0 aliphatic carbocycles. The number of hydrogen-bond acceptors (Lipinski definition) is 6. The largest absolute Gasteiger partial charge is 0.481 e. The van der Waals surface area contributed by atoms with Gasteiger partial charge in [0.05, 0.1) is 10.7 Å². The molecule has 0 spiro atoms.